The molecule has 0 saturated heterocycles. The molecule has 0 saturated carbocycles. The highest BCUT2D eigenvalue weighted by Crippen LogP contribution is 2.56. The van der Waals surface area contributed by atoms with Gasteiger partial charge in [0.05, 0.1) is 5.60 Å². The largest absolute Gasteiger partial charge is 0.378 e. The van der Waals surface area contributed by atoms with E-state index in [9.17, 15) is 0 Å². The molecule has 3 aliphatic rings. The molecular weight excluding hydrogens is 280 g/mol. The Morgan fingerprint density at radius 1 is 1.17 bits per heavy atom. The molecule has 124 valence electrons. The van der Waals surface area contributed by atoms with Crippen molar-refractivity contribution in [1.29, 1.82) is 0 Å². The Morgan fingerprint density at radius 2 is 1.87 bits per heavy atom. The third kappa shape index (κ3) is 3.04. The van der Waals surface area contributed by atoms with Gasteiger partial charge in [-0.15, -0.1) is 0 Å². The maximum Gasteiger partial charge on any atom is 0.0761 e. The predicted octanol–water partition coefficient (Wildman–Crippen LogP) is 5.57. The molecule has 0 N–H and O–H groups in total. The Morgan fingerprint density at radius 3 is 2.43 bits per heavy atom. The first kappa shape index (κ1) is 16.5. The Labute approximate surface area is 141 Å². The molecule has 1 aromatic rings. The predicted molar refractivity (Wildman–Crippen MR) is 97.4 cm³/mol. The van der Waals surface area contributed by atoms with E-state index in [1.54, 1.807) is 5.57 Å². The topological polar surface area (TPSA) is 9.23 Å². The molecule has 0 radical (unpaired) electrons. The van der Waals surface area contributed by atoms with Gasteiger partial charge in [0.15, 0.2) is 0 Å². The third-order valence-corrected chi connectivity index (χ3v) is 5.73. The lowest BCUT2D eigenvalue weighted by atomic mass is 9.55. The number of hydrogen-bond donors (Lipinski definition) is 0. The second-order valence-electron chi connectivity index (χ2n) is 8.26. The molecule has 0 heterocycles. The summed E-state index contributed by atoms with van der Waals surface area (Å²) >= 11 is 0. The van der Waals surface area contributed by atoms with Crippen LogP contribution in [0.25, 0.3) is 0 Å². The Balaban J connectivity index is 1.95. The van der Waals surface area contributed by atoms with E-state index < -0.39 is 0 Å². The zero-order valence-electron chi connectivity index (χ0n) is 15.2. The van der Waals surface area contributed by atoms with Crippen molar-refractivity contribution in [1.82, 2.24) is 0 Å². The first-order valence-corrected chi connectivity index (χ1v) is 8.88. The summed E-state index contributed by atoms with van der Waals surface area (Å²) in [7, 11) is 1.88. The fraction of sp³-hybridized carbons (Fsp3) is 0.545. The molecule has 3 atom stereocenters. The number of ether oxygens (including phenoxy) is 1. The minimum Gasteiger partial charge on any atom is -0.378 e. The summed E-state index contributed by atoms with van der Waals surface area (Å²) in [5, 5.41) is 0. The first-order chi connectivity index (χ1) is 10.9. The van der Waals surface area contributed by atoms with Gasteiger partial charge in [-0.1, -0.05) is 74.4 Å². The van der Waals surface area contributed by atoms with E-state index >= 15 is 0 Å². The third-order valence-electron chi connectivity index (χ3n) is 5.73. The van der Waals surface area contributed by atoms with Crippen LogP contribution in [0.1, 0.15) is 46.1 Å². The van der Waals surface area contributed by atoms with Gasteiger partial charge in [0.25, 0.3) is 0 Å². The molecule has 1 heteroatoms. The standard InChI is InChI=1S/C22H30O/c1-16(2)11-19-13-20-18(12-17-9-7-6-8-10-17)14-21(19,3)15-22(20,4)23-5/h6-10,13-14,16,20H,11-12,15H2,1-5H3/t20?,21-,22+/m0/s1. The van der Waals surface area contributed by atoms with Crippen LogP contribution in [-0.2, 0) is 11.2 Å². The minimum absolute atomic E-state index is 0.0753. The van der Waals surface area contributed by atoms with Gasteiger partial charge >= 0.3 is 0 Å². The van der Waals surface area contributed by atoms with Gasteiger partial charge in [-0.25, -0.2) is 0 Å². The maximum absolute atomic E-state index is 6.01. The number of rotatable bonds is 5. The maximum atomic E-state index is 6.01. The van der Waals surface area contributed by atoms with Gasteiger partial charge in [-0.3, -0.25) is 0 Å². The van der Waals surface area contributed by atoms with E-state index in [1.165, 1.54) is 17.6 Å². The van der Waals surface area contributed by atoms with E-state index in [-0.39, 0.29) is 11.0 Å². The summed E-state index contributed by atoms with van der Waals surface area (Å²) in [6.45, 7) is 9.32. The van der Waals surface area contributed by atoms with Crippen LogP contribution in [-0.4, -0.2) is 12.7 Å². The lowest BCUT2D eigenvalue weighted by Gasteiger charge is -2.53. The number of allylic oxidation sites excluding steroid dienone is 2. The van der Waals surface area contributed by atoms with Crippen molar-refractivity contribution in [2.45, 2.75) is 52.6 Å². The fourth-order valence-corrected chi connectivity index (χ4v) is 4.60. The van der Waals surface area contributed by atoms with Gasteiger partial charge in [0, 0.05) is 18.4 Å². The van der Waals surface area contributed by atoms with E-state index in [0.29, 0.717) is 11.8 Å². The highest BCUT2D eigenvalue weighted by atomic mass is 16.5. The molecule has 0 aliphatic heterocycles. The quantitative estimate of drug-likeness (QED) is 0.646. The van der Waals surface area contributed by atoms with Gasteiger partial charge in [-0.2, -0.15) is 0 Å². The number of fused-ring (bicyclic) bond motifs is 1. The monoisotopic (exact) mass is 310 g/mol. The number of benzene rings is 1. The van der Waals surface area contributed by atoms with Crippen LogP contribution in [0.15, 0.2) is 53.6 Å². The fourth-order valence-electron chi connectivity index (χ4n) is 4.60. The van der Waals surface area contributed by atoms with Gasteiger partial charge in [0.1, 0.15) is 0 Å². The average molecular weight is 310 g/mol. The summed E-state index contributed by atoms with van der Waals surface area (Å²) < 4.78 is 6.01. The molecule has 3 aliphatic carbocycles. The molecule has 1 unspecified atom stereocenters. The van der Waals surface area contributed by atoms with Crippen LogP contribution >= 0.6 is 0 Å². The Hall–Kier alpha value is -1.34. The van der Waals surface area contributed by atoms with Gasteiger partial charge < -0.3 is 4.74 Å². The summed E-state index contributed by atoms with van der Waals surface area (Å²) in [6.07, 6.45) is 8.42. The SMILES string of the molecule is CO[C@]1(C)C[C@]2(C)C=C(Cc3ccccc3)C1C=C2CC(C)C. The number of methoxy groups -OCH3 is 1. The highest BCUT2D eigenvalue weighted by molar-refractivity contribution is 5.43. The van der Waals surface area contributed by atoms with E-state index in [1.807, 2.05) is 7.11 Å². The second kappa shape index (κ2) is 5.94. The van der Waals surface area contributed by atoms with Crippen molar-refractivity contribution in [3.05, 3.63) is 59.2 Å². The molecule has 2 bridgehead atoms. The van der Waals surface area contributed by atoms with Crippen LogP contribution in [0.4, 0.5) is 0 Å². The molecule has 1 aromatic carbocycles. The second-order valence-corrected chi connectivity index (χ2v) is 8.26. The lowest BCUT2D eigenvalue weighted by Crippen LogP contribution is -2.49. The summed E-state index contributed by atoms with van der Waals surface area (Å²) in [5.41, 5.74) is 4.61. The minimum atomic E-state index is -0.0753. The normalized spacial score (nSPS) is 32.9. The molecule has 0 amide bonds. The van der Waals surface area contributed by atoms with Crippen molar-refractivity contribution < 1.29 is 4.74 Å². The summed E-state index contributed by atoms with van der Waals surface area (Å²) in [4.78, 5) is 0. The van der Waals surface area contributed by atoms with Crippen LogP contribution in [0.3, 0.4) is 0 Å². The van der Waals surface area contributed by atoms with E-state index in [4.69, 9.17) is 4.74 Å². The van der Waals surface area contributed by atoms with Crippen LogP contribution in [0.5, 0.6) is 0 Å². The van der Waals surface area contributed by atoms with Crippen molar-refractivity contribution in [3.63, 3.8) is 0 Å². The smallest absolute Gasteiger partial charge is 0.0761 e. The van der Waals surface area contributed by atoms with Crippen molar-refractivity contribution in [2.75, 3.05) is 7.11 Å². The summed E-state index contributed by atoms with van der Waals surface area (Å²) in [5.74, 6) is 1.11. The van der Waals surface area contributed by atoms with Crippen molar-refractivity contribution in [3.8, 4) is 0 Å². The molecule has 1 nitrogen and oxygen atoms in total. The Kier molecular flexibility index (Phi) is 4.27. The highest BCUT2D eigenvalue weighted by Gasteiger charge is 2.50. The van der Waals surface area contributed by atoms with Gasteiger partial charge in [-0.05, 0) is 37.7 Å². The van der Waals surface area contributed by atoms with Crippen molar-refractivity contribution >= 4 is 0 Å². The average Bonchev–Trinajstić information content (AvgIpc) is 2.49. The molecular formula is C22H30O. The molecule has 4 rings (SSSR count). The number of hydrogen-bond acceptors (Lipinski definition) is 1. The molecule has 0 aromatic heterocycles. The molecule has 23 heavy (non-hydrogen) atoms. The van der Waals surface area contributed by atoms with Crippen LogP contribution in [0, 0.1) is 17.3 Å². The molecule has 0 spiro atoms. The molecule has 0 fully saturated rings. The lowest BCUT2D eigenvalue weighted by molar-refractivity contribution is -0.0566. The zero-order chi connectivity index (χ0) is 16.7. The Bertz CT molecular complexity index is 625. The van der Waals surface area contributed by atoms with Crippen molar-refractivity contribution in [2.24, 2.45) is 17.3 Å². The first-order valence-electron chi connectivity index (χ1n) is 8.88. The van der Waals surface area contributed by atoms with Crippen LogP contribution in [0.2, 0.25) is 0 Å². The summed E-state index contributed by atoms with van der Waals surface area (Å²) in [6, 6.07) is 10.8. The van der Waals surface area contributed by atoms with Crippen LogP contribution < -0.4 is 0 Å². The van der Waals surface area contributed by atoms with E-state index in [2.05, 4.69) is 70.2 Å². The zero-order valence-corrected chi connectivity index (χ0v) is 15.2. The van der Waals surface area contributed by atoms with Gasteiger partial charge in [0.2, 0.25) is 0 Å². The van der Waals surface area contributed by atoms with E-state index in [0.717, 1.165) is 12.8 Å².